The lowest BCUT2D eigenvalue weighted by molar-refractivity contribution is 0.558. The van der Waals surface area contributed by atoms with Crippen LogP contribution >= 0.6 is 0 Å². The summed E-state index contributed by atoms with van der Waals surface area (Å²) in [4.78, 5) is 13.8. The van der Waals surface area contributed by atoms with Crippen LogP contribution in [0.2, 0.25) is 0 Å². The van der Waals surface area contributed by atoms with Crippen LogP contribution in [-0.4, -0.2) is 15.2 Å². The highest BCUT2D eigenvalue weighted by atomic mass is 19.1. The Bertz CT molecular complexity index is 734. The molecular weight excluding hydrogens is 225 g/mol. The largest absolute Gasteiger partial charge is 0.423 e. The lowest BCUT2D eigenvalue weighted by atomic mass is 10.1. The second-order valence-corrected chi connectivity index (χ2v) is 3.49. The fraction of sp³-hybridized carbons (Fsp3) is 0. The maximum atomic E-state index is 13.8. The topological polar surface area (TPSA) is 71.8 Å². The predicted octanol–water partition coefficient (Wildman–Crippen LogP) is 1.72. The van der Waals surface area contributed by atoms with Gasteiger partial charge in [-0.1, -0.05) is 0 Å². The summed E-state index contributed by atoms with van der Waals surface area (Å²) in [7, 11) is 0. The van der Waals surface area contributed by atoms with Crippen LogP contribution in [0.3, 0.4) is 0 Å². The van der Waals surface area contributed by atoms with Crippen molar-refractivity contribution in [3.8, 4) is 11.5 Å². The average molecular weight is 231 g/mol. The molecule has 3 rings (SSSR count). The molecule has 1 N–H and O–H groups in total. The molecule has 0 saturated heterocycles. The van der Waals surface area contributed by atoms with Gasteiger partial charge in [0.05, 0.1) is 5.56 Å². The predicted molar refractivity (Wildman–Crippen MR) is 57.8 cm³/mol. The van der Waals surface area contributed by atoms with Gasteiger partial charge in [-0.2, -0.15) is 0 Å². The van der Waals surface area contributed by atoms with Crippen molar-refractivity contribution < 1.29 is 8.81 Å². The Morgan fingerprint density at radius 2 is 2.18 bits per heavy atom. The van der Waals surface area contributed by atoms with Gasteiger partial charge < -0.3 is 9.40 Å². The molecule has 84 valence electrons. The van der Waals surface area contributed by atoms with Crippen molar-refractivity contribution in [3.05, 3.63) is 46.8 Å². The van der Waals surface area contributed by atoms with Crippen molar-refractivity contribution in [2.24, 2.45) is 0 Å². The second-order valence-electron chi connectivity index (χ2n) is 3.49. The number of hydrogen-bond donors (Lipinski definition) is 1. The smallest absolute Gasteiger partial charge is 0.250 e. The number of rotatable bonds is 1. The van der Waals surface area contributed by atoms with E-state index in [1.54, 1.807) is 6.07 Å². The summed E-state index contributed by atoms with van der Waals surface area (Å²) in [5.41, 5.74) is 0.435. The number of fused-ring (bicyclic) bond motifs is 1. The van der Waals surface area contributed by atoms with Crippen molar-refractivity contribution >= 4 is 10.9 Å². The van der Waals surface area contributed by atoms with E-state index in [9.17, 15) is 9.18 Å². The Morgan fingerprint density at radius 1 is 1.29 bits per heavy atom. The Hall–Kier alpha value is -2.50. The number of nitrogens with one attached hydrogen (secondary N) is 1. The van der Waals surface area contributed by atoms with Gasteiger partial charge in [-0.3, -0.25) is 4.79 Å². The van der Waals surface area contributed by atoms with E-state index in [0.29, 0.717) is 10.9 Å². The van der Waals surface area contributed by atoms with Gasteiger partial charge in [0.25, 0.3) is 0 Å². The monoisotopic (exact) mass is 231 g/mol. The van der Waals surface area contributed by atoms with E-state index >= 15 is 0 Å². The summed E-state index contributed by atoms with van der Waals surface area (Å²) in [6, 6.07) is 5.67. The van der Waals surface area contributed by atoms with E-state index in [2.05, 4.69) is 15.2 Å². The standard InChI is InChI=1S/C11H6FN3O2/c12-8-3-6-1-2-10(16)14-9(6)4-7(8)11-15-13-5-17-11/h1-5H,(H,14,16). The second kappa shape index (κ2) is 3.51. The van der Waals surface area contributed by atoms with Gasteiger partial charge in [-0.05, 0) is 18.2 Å². The van der Waals surface area contributed by atoms with Crippen molar-refractivity contribution in [2.45, 2.75) is 0 Å². The molecule has 0 aliphatic rings. The zero-order valence-electron chi connectivity index (χ0n) is 8.48. The van der Waals surface area contributed by atoms with Crippen LogP contribution in [0.25, 0.3) is 22.4 Å². The van der Waals surface area contributed by atoms with Crippen molar-refractivity contribution in [2.75, 3.05) is 0 Å². The molecule has 6 heteroatoms. The number of aromatic amines is 1. The highest BCUT2D eigenvalue weighted by molar-refractivity contribution is 5.82. The third-order valence-corrected chi connectivity index (χ3v) is 2.40. The minimum Gasteiger partial charge on any atom is -0.423 e. The molecule has 0 atom stereocenters. The Labute approximate surface area is 93.9 Å². The van der Waals surface area contributed by atoms with Crippen molar-refractivity contribution in [1.82, 2.24) is 15.2 Å². The first-order valence-electron chi connectivity index (χ1n) is 4.83. The number of benzene rings is 1. The van der Waals surface area contributed by atoms with Crippen LogP contribution in [0.5, 0.6) is 0 Å². The number of halogens is 1. The van der Waals surface area contributed by atoms with Gasteiger partial charge in [0, 0.05) is 17.0 Å². The molecule has 2 heterocycles. The molecule has 0 aliphatic heterocycles. The van der Waals surface area contributed by atoms with Gasteiger partial charge in [0.2, 0.25) is 17.8 Å². The number of pyridine rings is 1. The lowest BCUT2D eigenvalue weighted by Gasteiger charge is -2.01. The van der Waals surface area contributed by atoms with Crippen LogP contribution in [0.15, 0.2) is 39.9 Å². The van der Waals surface area contributed by atoms with Crippen LogP contribution in [0.1, 0.15) is 0 Å². The van der Waals surface area contributed by atoms with E-state index in [1.165, 1.54) is 18.2 Å². The lowest BCUT2D eigenvalue weighted by Crippen LogP contribution is -2.02. The van der Waals surface area contributed by atoms with Crippen LogP contribution in [0, 0.1) is 5.82 Å². The van der Waals surface area contributed by atoms with Gasteiger partial charge >= 0.3 is 0 Å². The summed E-state index contributed by atoms with van der Waals surface area (Å²) in [6.45, 7) is 0. The Morgan fingerprint density at radius 3 is 2.94 bits per heavy atom. The SMILES string of the molecule is O=c1ccc2cc(F)c(-c3nnco3)cc2[nH]1. The molecule has 5 nitrogen and oxygen atoms in total. The van der Waals surface area contributed by atoms with Crippen molar-refractivity contribution in [1.29, 1.82) is 0 Å². The van der Waals surface area contributed by atoms with Gasteiger partial charge in [0.1, 0.15) is 5.82 Å². The molecule has 0 fully saturated rings. The first-order chi connectivity index (χ1) is 8.24. The molecule has 0 aliphatic carbocycles. The minimum absolute atomic E-state index is 0.0779. The fourth-order valence-electron chi connectivity index (χ4n) is 1.63. The van der Waals surface area contributed by atoms with E-state index in [-0.39, 0.29) is 17.0 Å². The summed E-state index contributed by atoms with van der Waals surface area (Å²) >= 11 is 0. The van der Waals surface area contributed by atoms with E-state index in [4.69, 9.17) is 4.42 Å². The zero-order chi connectivity index (χ0) is 11.8. The maximum Gasteiger partial charge on any atom is 0.250 e. The molecule has 0 saturated carbocycles. The maximum absolute atomic E-state index is 13.8. The summed E-state index contributed by atoms with van der Waals surface area (Å²) in [5, 5.41) is 7.71. The number of aromatic nitrogens is 3. The average Bonchev–Trinajstić information content (AvgIpc) is 2.82. The van der Waals surface area contributed by atoms with E-state index in [0.717, 1.165) is 6.39 Å². The minimum atomic E-state index is -0.478. The number of nitrogens with zero attached hydrogens (tertiary/aromatic N) is 2. The molecular formula is C11H6FN3O2. The molecule has 2 aromatic heterocycles. The Balaban J connectivity index is 2.33. The highest BCUT2D eigenvalue weighted by Gasteiger charge is 2.11. The van der Waals surface area contributed by atoms with Gasteiger partial charge in [-0.15, -0.1) is 10.2 Å². The molecule has 0 bridgehead atoms. The fourth-order valence-corrected chi connectivity index (χ4v) is 1.63. The molecule has 0 unspecified atom stereocenters. The van der Waals surface area contributed by atoms with Crippen molar-refractivity contribution in [3.63, 3.8) is 0 Å². The van der Waals surface area contributed by atoms with Gasteiger partial charge in [-0.25, -0.2) is 4.39 Å². The third-order valence-electron chi connectivity index (χ3n) is 2.40. The number of hydrogen-bond acceptors (Lipinski definition) is 4. The summed E-state index contributed by atoms with van der Waals surface area (Å²) in [6.07, 6.45) is 1.12. The summed E-state index contributed by atoms with van der Waals surface area (Å²) < 4.78 is 18.7. The van der Waals surface area contributed by atoms with E-state index < -0.39 is 5.82 Å². The van der Waals surface area contributed by atoms with Gasteiger partial charge in [0.15, 0.2) is 0 Å². The molecule has 0 amide bonds. The first kappa shape index (κ1) is 9.71. The number of H-pyrrole nitrogens is 1. The molecule has 17 heavy (non-hydrogen) atoms. The summed E-state index contributed by atoms with van der Waals surface area (Å²) in [5.74, 6) is -0.400. The molecule has 0 radical (unpaired) electrons. The van der Waals surface area contributed by atoms with Crippen LogP contribution in [0.4, 0.5) is 4.39 Å². The van der Waals surface area contributed by atoms with E-state index in [1.807, 2.05) is 0 Å². The zero-order valence-corrected chi connectivity index (χ0v) is 8.48. The normalized spacial score (nSPS) is 10.9. The molecule has 3 aromatic rings. The Kier molecular flexibility index (Phi) is 2.01. The molecule has 1 aromatic carbocycles. The third kappa shape index (κ3) is 1.59. The van der Waals surface area contributed by atoms with Crippen LogP contribution < -0.4 is 5.56 Å². The first-order valence-corrected chi connectivity index (χ1v) is 4.83. The van der Waals surface area contributed by atoms with Crippen LogP contribution in [-0.2, 0) is 0 Å². The molecule has 0 spiro atoms. The quantitative estimate of drug-likeness (QED) is 0.692. The highest BCUT2D eigenvalue weighted by Crippen LogP contribution is 2.24.